The molecule has 1 aromatic rings. The van der Waals surface area contributed by atoms with Gasteiger partial charge in [0, 0.05) is 18.5 Å². The summed E-state index contributed by atoms with van der Waals surface area (Å²) in [6.45, 7) is 0. The van der Waals surface area contributed by atoms with Crippen molar-refractivity contribution in [1.82, 2.24) is 9.97 Å². The molecule has 0 aliphatic carbocycles. The van der Waals surface area contributed by atoms with Crippen molar-refractivity contribution in [2.75, 3.05) is 0 Å². The zero-order chi connectivity index (χ0) is 14.0. The Kier molecular flexibility index (Phi) is 3.63. The molecule has 4 nitrogen and oxygen atoms in total. The van der Waals surface area contributed by atoms with Crippen molar-refractivity contribution >= 4 is 11.5 Å². The van der Waals surface area contributed by atoms with Gasteiger partial charge in [0.15, 0.2) is 0 Å². The summed E-state index contributed by atoms with van der Waals surface area (Å²) in [6.07, 6.45) is -3.12. The lowest BCUT2D eigenvalue weighted by Gasteiger charge is -2.16. The normalized spacial score (nSPS) is 13.5. The Morgan fingerprint density at radius 1 is 1.22 bits per heavy atom. The van der Waals surface area contributed by atoms with Gasteiger partial charge in [-0.25, -0.2) is 4.98 Å². The second kappa shape index (κ2) is 4.67. The lowest BCUT2D eigenvalue weighted by molar-refractivity contribution is -0.266. The van der Waals surface area contributed by atoms with E-state index in [-0.39, 0.29) is 6.08 Å². The molecular weight excluding hydrogens is 263 g/mol. The Hall–Kier alpha value is -2.06. The third kappa shape index (κ3) is 2.79. The summed E-state index contributed by atoms with van der Waals surface area (Å²) in [5.41, 5.74) is -0.399. The van der Waals surface area contributed by atoms with E-state index in [2.05, 4.69) is 9.97 Å². The molecule has 0 saturated carbocycles. The first kappa shape index (κ1) is 14.0. The monoisotopic (exact) mass is 268 g/mol. The number of ketones is 1. The summed E-state index contributed by atoms with van der Waals surface area (Å²) < 4.78 is 60.5. The fourth-order valence-corrected chi connectivity index (χ4v) is 0.860. The molecule has 0 aliphatic heterocycles. The summed E-state index contributed by atoms with van der Waals surface area (Å²) in [5.74, 6) is -9.28. The quantitative estimate of drug-likeness (QED) is 0.518. The second-order valence-electron chi connectivity index (χ2n) is 3.06. The maximum atomic E-state index is 12.5. The number of aromatic nitrogens is 2. The van der Waals surface area contributed by atoms with Gasteiger partial charge in [0.25, 0.3) is 0 Å². The van der Waals surface area contributed by atoms with E-state index < -0.39 is 29.3 Å². The number of alkyl halides is 5. The van der Waals surface area contributed by atoms with E-state index >= 15 is 0 Å². The third-order valence-electron chi connectivity index (χ3n) is 1.76. The van der Waals surface area contributed by atoms with Crippen LogP contribution in [0.2, 0.25) is 0 Å². The van der Waals surface area contributed by atoms with Crippen molar-refractivity contribution in [3.63, 3.8) is 0 Å². The van der Waals surface area contributed by atoms with Crippen molar-refractivity contribution in [3.8, 4) is 0 Å². The van der Waals surface area contributed by atoms with Crippen LogP contribution in [0.4, 0.5) is 22.0 Å². The first-order valence-corrected chi connectivity index (χ1v) is 4.32. The third-order valence-corrected chi connectivity index (χ3v) is 1.76. The first-order chi connectivity index (χ1) is 8.16. The fraction of sp³-hybridized carbons (Fsp3) is 0.222. The number of aliphatic hydroxyl groups excluding tert-OH is 1. The molecule has 0 atom stereocenters. The molecule has 1 aromatic heterocycles. The highest BCUT2D eigenvalue weighted by Crippen LogP contribution is 2.36. The molecule has 18 heavy (non-hydrogen) atoms. The Labute approximate surface area is 96.8 Å². The summed E-state index contributed by atoms with van der Waals surface area (Å²) >= 11 is 0. The molecule has 0 saturated heterocycles. The number of hydrogen-bond acceptors (Lipinski definition) is 4. The molecule has 0 unspecified atom stereocenters. The zero-order valence-corrected chi connectivity index (χ0v) is 8.45. The Bertz CT molecular complexity index is 470. The molecule has 0 aliphatic rings. The predicted molar refractivity (Wildman–Crippen MR) is 48.6 cm³/mol. The Morgan fingerprint density at radius 3 is 2.28 bits per heavy atom. The van der Waals surface area contributed by atoms with Crippen LogP contribution in [0.1, 0.15) is 5.69 Å². The smallest absolute Gasteiger partial charge is 0.461 e. The summed E-state index contributed by atoms with van der Waals surface area (Å²) in [5, 5.41) is 9.16. The van der Waals surface area contributed by atoms with Crippen LogP contribution >= 0.6 is 0 Å². The van der Waals surface area contributed by atoms with E-state index in [1.807, 2.05) is 0 Å². The molecule has 9 heteroatoms. The molecule has 0 aromatic carbocycles. The van der Waals surface area contributed by atoms with E-state index in [1.54, 1.807) is 0 Å². The molecule has 1 N–H and O–H groups in total. The van der Waals surface area contributed by atoms with Crippen molar-refractivity contribution in [2.45, 2.75) is 12.1 Å². The highest BCUT2D eigenvalue weighted by atomic mass is 19.4. The predicted octanol–water partition coefficient (Wildman–Crippen LogP) is 2.14. The highest BCUT2D eigenvalue weighted by Gasteiger charge is 2.62. The molecule has 98 valence electrons. The number of hydrogen-bond donors (Lipinski definition) is 1. The minimum atomic E-state index is -6.02. The molecule has 1 heterocycles. The van der Waals surface area contributed by atoms with Crippen molar-refractivity contribution in [3.05, 3.63) is 30.4 Å². The number of nitrogens with zero attached hydrogens (tertiary/aromatic N) is 2. The van der Waals surface area contributed by atoms with Gasteiger partial charge < -0.3 is 5.11 Å². The molecule has 0 bridgehead atoms. The second-order valence-corrected chi connectivity index (χ2v) is 3.06. The van der Waals surface area contributed by atoms with E-state index in [0.717, 1.165) is 12.4 Å². The van der Waals surface area contributed by atoms with Crippen LogP contribution in [0, 0.1) is 0 Å². The van der Waals surface area contributed by atoms with Crippen LogP contribution < -0.4 is 0 Å². The SMILES string of the molecule is O=C(C=C(O)c1cnccn1)C(F)(F)C(F)(F)F. The van der Waals surface area contributed by atoms with Gasteiger partial charge in [0.05, 0.1) is 6.20 Å². The molecule has 0 amide bonds. The van der Waals surface area contributed by atoms with Gasteiger partial charge in [-0.1, -0.05) is 0 Å². The molecule has 0 spiro atoms. The number of allylic oxidation sites excluding steroid dienone is 1. The Balaban J connectivity index is 3.01. The van der Waals surface area contributed by atoms with Crippen LogP contribution in [0.25, 0.3) is 5.76 Å². The Morgan fingerprint density at radius 2 is 1.83 bits per heavy atom. The average molecular weight is 268 g/mol. The standard InChI is InChI=1S/C9H5F5N2O2/c10-8(11,9(12,13)14)7(18)3-6(17)5-4-15-1-2-16-5/h1-4,17H. The number of halogens is 5. The van der Waals surface area contributed by atoms with Gasteiger partial charge in [-0.15, -0.1) is 0 Å². The van der Waals surface area contributed by atoms with E-state index in [4.69, 9.17) is 5.11 Å². The highest BCUT2D eigenvalue weighted by molar-refractivity contribution is 6.00. The first-order valence-electron chi connectivity index (χ1n) is 4.32. The van der Waals surface area contributed by atoms with E-state index in [1.165, 1.54) is 6.20 Å². The van der Waals surface area contributed by atoms with Gasteiger partial charge >= 0.3 is 12.1 Å². The summed E-state index contributed by atoms with van der Waals surface area (Å²) in [7, 11) is 0. The maximum Gasteiger partial charge on any atom is 0.461 e. The van der Waals surface area contributed by atoms with Crippen molar-refractivity contribution in [2.24, 2.45) is 0 Å². The van der Waals surface area contributed by atoms with Crippen LogP contribution in [0.15, 0.2) is 24.7 Å². The van der Waals surface area contributed by atoms with Crippen molar-refractivity contribution in [1.29, 1.82) is 0 Å². The number of carbonyl (C=O) groups is 1. The molecule has 1 rings (SSSR count). The lowest BCUT2D eigenvalue weighted by atomic mass is 10.1. The molecule has 0 radical (unpaired) electrons. The van der Waals surface area contributed by atoms with Crippen LogP contribution in [0.5, 0.6) is 0 Å². The molecular formula is C9H5F5N2O2. The summed E-state index contributed by atoms with van der Waals surface area (Å²) in [4.78, 5) is 17.6. The number of aliphatic hydroxyl groups is 1. The van der Waals surface area contributed by atoms with Gasteiger partial charge in [0.1, 0.15) is 11.5 Å². The average Bonchev–Trinajstić information content (AvgIpc) is 2.28. The minimum absolute atomic E-state index is 0.239. The summed E-state index contributed by atoms with van der Waals surface area (Å²) in [6, 6.07) is 0. The fourth-order valence-electron chi connectivity index (χ4n) is 0.860. The zero-order valence-electron chi connectivity index (χ0n) is 8.45. The van der Waals surface area contributed by atoms with E-state index in [9.17, 15) is 26.7 Å². The topological polar surface area (TPSA) is 63.1 Å². The van der Waals surface area contributed by atoms with Gasteiger partial charge in [-0.3, -0.25) is 9.78 Å². The van der Waals surface area contributed by atoms with E-state index in [0.29, 0.717) is 0 Å². The van der Waals surface area contributed by atoms with Crippen LogP contribution in [-0.2, 0) is 4.79 Å². The minimum Gasteiger partial charge on any atom is -0.505 e. The van der Waals surface area contributed by atoms with Gasteiger partial charge in [0.2, 0.25) is 5.78 Å². The van der Waals surface area contributed by atoms with Gasteiger partial charge in [-0.05, 0) is 0 Å². The lowest BCUT2D eigenvalue weighted by Crippen LogP contribution is -2.43. The van der Waals surface area contributed by atoms with Gasteiger partial charge in [-0.2, -0.15) is 22.0 Å². The number of rotatable bonds is 3. The molecule has 0 fully saturated rings. The van der Waals surface area contributed by atoms with Crippen LogP contribution in [0.3, 0.4) is 0 Å². The van der Waals surface area contributed by atoms with Crippen molar-refractivity contribution < 1.29 is 31.9 Å². The van der Waals surface area contributed by atoms with Crippen LogP contribution in [-0.4, -0.2) is 33.0 Å². The maximum absolute atomic E-state index is 12.5. The largest absolute Gasteiger partial charge is 0.505 e. The number of carbonyl (C=O) groups excluding carboxylic acids is 1.